The van der Waals surface area contributed by atoms with Gasteiger partial charge in [-0.3, -0.25) is 9.59 Å². The fraction of sp³-hybridized carbons (Fsp3) is 0.391. The molecule has 1 saturated heterocycles. The number of piperidine rings is 1. The molecule has 0 bridgehead atoms. The van der Waals surface area contributed by atoms with Crippen molar-refractivity contribution < 1.29 is 14.0 Å². The van der Waals surface area contributed by atoms with Crippen LogP contribution in [0.2, 0.25) is 5.02 Å². The van der Waals surface area contributed by atoms with Crippen molar-refractivity contribution in [2.24, 2.45) is 11.8 Å². The molecule has 30 heavy (non-hydrogen) atoms. The van der Waals surface area contributed by atoms with E-state index in [1.807, 2.05) is 42.2 Å². The zero-order valence-electron chi connectivity index (χ0n) is 17.0. The minimum atomic E-state index is -0.0749. The molecule has 1 fully saturated rings. The van der Waals surface area contributed by atoms with Gasteiger partial charge in [-0.1, -0.05) is 18.5 Å². The van der Waals surface area contributed by atoms with Gasteiger partial charge in [0.1, 0.15) is 11.5 Å². The maximum atomic E-state index is 12.9. The van der Waals surface area contributed by atoms with Gasteiger partial charge in [-0.15, -0.1) is 0 Å². The largest absolute Gasteiger partial charge is 0.469 e. The molecule has 0 saturated carbocycles. The van der Waals surface area contributed by atoms with Crippen molar-refractivity contribution in [1.29, 1.82) is 0 Å². The van der Waals surface area contributed by atoms with Crippen molar-refractivity contribution in [2.75, 3.05) is 19.6 Å². The molecule has 158 valence electrons. The molecule has 2 amide bonds. The molecule has 1 aliphatic rings. The van der Waals surface area contributed by atoms with Gasteiger partial charge in [0.15, 0.2) is 0 Å². The fourth-order valence-electron chi connectivity index (χ4n) is 4.13. The van der Waals surface area contributed by atoms with Crippen LogP contribution in [0.1, 0.15) is 36.0 Å². The first-order chi connectivity index (χ1) is 14.5. The first-order valence-electron chi connectivity index (χ1n) is 10.4. The average Bonchev–Trinajstić information content (AvgIpc) is 3.42. The summed E-state index contributed by atoms with van der Waals surface area (Å²) in [6, 6.07) is 11.1. The number of halogens is 1. The van der Waals surface area contributed by atoms with Crippen LogP contribution in [0.4, 0.5) is 0 Å². The molecule has 0 spiro atoms. The third kappa shape index (κ3) is 4.54. The smallest absolute Gasteiger partial charge is 0.270 e. The van der Waals surface area contributed by atoms with Crippen molar-refractivity contribution in [1.82, 2.24) is 15.2 Å². The van der Waals surface area contributed by atoms with Crippen LogP contribution >= 0.6 is 11.6 Å². The van der Waals surface area contributed by atoms with E-state index >= 15 is 0 Å². The van der Waals surface area contributed by atoms with E-state index in [0.29, 0.717) is 36.8 Å². The Bertz CT molecular complexity index is 1020. The standard InChI is InChI=1S/C23H26ClN3O3/c1-15(22(28)25-9-6-19-3-2-12-30-19)16-7-10-27(11-8-16)23(29)21-14-17-13-18(24)4-5-20(17)26-21/h2-5,12-16,26H,6-11H2,1H3,(H,25,28)/t15-/m1/s1. The molecular formula is C23H26ClN3O3. The van der Waals surface area contributed by atoms with Crippen LogP contribution in [0.3, 0.4) is 0 Å². The summed E-state index contributed by atoms with van der Waals surface area (Å²) in [4.78, 5) is 30.4. The van der Waals surface area contributed by atoms with E-state index < -0.39 is 0 Å². The maximum Gasteiger partial charge on any atom is 0.270 e. The highest BCUT2D eigenvalue weighted by molar-refractivity contribution is 6.31. The molecule has 3 heterocycles. The topological polar surface area (TPSA) is 78.3 Å². The summed E-state index contributed by atoms with van der Waals surface area (Å²) in [7, 11) is 0. The van der Waals surface area contributed by atoms with E-state index in [1.165, 1.54) is 0 Å². The van der Waals surface area contributed by atoms with Gasteiger partial charge < -0.3 is 19.6 Å². The van der Waals surface area contributed by atoms with Gasteiger partial charge in [-0.25, -0.2) is 0 Å². The Morgan fingerprint density at radius 1 is 1.27 bits per heavy atom. The molecule has 0 unspecified atom stereocenters. The van der Waals surface area contributed by atoms with E-state index in [0.717, 1.165) is 29.5 Å². The van der Waals surface area contributed by atoms with Gasteiger partial charge in [-0.05, 0) is 55.2 Å². The number of nitrogens with zero attached hydrogens (tertiary/aromatic N) is 1. The first-order valence-corrected chi connectivity index (χ1v) is 10.8. The summed E-state index contributed by atoms with van der Waals surface area (Å²) >= 11 is 6.04. The van der Waals surface area contributed by atoms with Gasteiger partial charge in [-0.2, -0.15) is 0 Å². The molecule has 7 heteroatoms. The van der Waals surface area contributed by atoms with Gasteiger partial charge in [0.25, 0.3) is 5.91 Å². The maximum absolute atomic E-state index is 12.9. The normalized spacial score (nSPS) is 16.0. The highest BCUT2D eigenvalue weighted by Crippen LogP contribution is 2.27. The zero-order valence-corrected chi connectivity index (χ0v) is 17.7. The van der Waals surface area contributed by atoms with Gasteiger partial charge in [0.2, 0.25) is 5.91 Å². The zero-order chi connectivity index (χ0) is 21.1. The summed E-state index contributed by atoms with van der Waals surface area (Å²) in [5, 5.41) is 4.58. The number of carbonyl (C=O) groups is 2. The second-order valence-corrected chi connectivity index (χ2v) is 8.39. The molecule has 4 rings (SSSR count). The Morgan fingerprint density at radius 3 is 2.80 bits per heavy atom. The van der Waals surface area contributed by atoms with Crippen LogP contribution in [0, 0.1) is 11.8 Å². The molecule has 1 aliphatic heterocycles. The second-order valence-electron chi connectivity index (χ2n) is 7.95. The van der Waals surface area contributed by atoms with Gasteiger partial charge in [0.05, 0.1) is 6.26 Å². The lowest BCUT2D eigenvalue weighted by molar-refractivity contribution is -0.126. The number of hydrogen-bond acceptors (Lipinski definition) is 3. The van der Waals surface area contributed by atoms with Crippen LogP contribution in [-0.2, 0) is 11.2 Å². The molecule has 3 aromatic rings. The van der Waals surface area contributed by atoms with Crippen LogP contribution in [-0.4, -0.2) is 41.3 Å². The highest BCUT2D eigenvalue weighted by atomic mass is 35.5. The predicted molar refractivity (Wildman–Crippen MR) is 117 cm³/mol. The Labute approximate surface area is 180 Å². The van der Waals surface area contributed by atoms with E-state index in [2.05, 4.69) is 10.3 Å². The molecular weight excluding hydrogens is 402 g/mol. The lowest BCUT2D eigenvalue weighted by Crippen LogP contribution is -2.43. The van der Waals surface area contributed by atoms with E-state index in [4.69, 9.17) is 16.0 Å². The summed E-state index contributed by atoms with van der Waals surface area (Å²) in [6.07, 6.45) is 3.98. The Hall–Kier alpha value is -2.73. The summed E-state index contributed by atoms with van der Waals surface area (Å²) in [6.45, 7) is 3.86. The lowest BCUT2D eigenvalue weighted by Gasteiger charge is -2.34. The van der Waals surface area contributed by atoms with Crippen LogP contribution in [0.25, 0.3) is 10.9 Å². The van der Waals surface area contributed by atoms with E-state index in [1.54, 1.807) is 12.3 Å². The molecule has 2 aromatic heterocycles. The lowest BCUT2D eigenvalue weighted by atomic mass is 9.84. The number of amides is 2. The number of H-pyrrole nitrogens is 1. The van der Waals surface area contributed by atoms with E-state index in [9.17, 15) is 9.59 Å². The number of likely N-dealkylation sites (tertiary alicyclic amines) is 1. The van der Waals surface area contributed by atoms with Gasteiger partial charge in [0, 0.05) is 47.9 Å². The number of carbonyl (C=O) groups excluding carboxylic acids is 2. The number of hydrogen-bond donors (Lipinski definition) is 2. The van der Waals surface area contributed by atoms with Crippen molar-refractivity contribution >= 4 is 34.3 Å². The van der Waals surface area contributed by atoms with Crippen molar-refractivity contribution in [2.45, 2.75) is 26.2 Å². The molecule has 6 nitrogen and oxygen atoms in total. The first kappa shape index (κ1) is 20.5. The van der Waals surface area contributed by atoms with Crippen molar-refractivity contribution in [3.8, 4) is 0 Å². The molecule has 1 aromatic carbocycles. The van der Waals surface area contributed by atoms with Crippen LogP contribution < -0.4 is 5.32 Å². The number of fused-ring (bicyclic) bond motifs is 1. The number of aromatic nitrogens is 1. The summed E-state index contributed by atoms with van der Waals surface area (Å²) in [5.74, 6) is 1.14. The Balaban J connectivity index is 1.28. The molecule has 0 aliphatic carbocycles. The Kier molecular flexibility index (Phi) is 6.13. The Morgan fingerprint density at radius 2 is 2.07 bits per heavy atom. The number of aromatic amines is 1. The van der Waals surface area contributed by atoms with Gasteiger partial charge >= 0.3 is 0 Å². The number of nitrogens with one attached hydrogen (secondary N) is 2. The number of furan rings is 1. The average molecular weight is 428 g/mol. The highest BCUT2D eigenvalue weighted by Gasteiger charge is 2.30. The number of rotatable bonds is 6. The van der Waals surface area contributed by atoms with Crippen molar-refractivity contribution in [3.05, 3.63) is 59.1 Å². The third-order valence-corrected chi connectivity index (χ3v) is 6.25. The second kappa shape index (κ2) is 8.96. The minimum Gasteiger partial charge on any atom is -0.469 e. The fourth-order valence-corrected chi connectivity index (χ4v) is 4.31. The predicted octanol–water partition coefficient (Wildman–Crippen LogP) is 4.26. The number of benzene rings is 1. The molecule has 0 radical (unpaired) electrons. The van der Waals surface area contributed by atoms with Crippen LogP contribution in [0.15, 0.2) is 47.1 Å². The van der Waals surface area contributed by atoms with Crippen molar-refractivity contribution in [3.63, 3.8) is 0 Å². The third-order valence-electron chi connectivity index (χ3n) is 6.01. The molecule has 1 atom stereocenters. The summed E-state index contributed by atoms with van der Waals surface area (Å²) < 4.78 is 5.29. The van der Waals surface area contributed by atoms with E-state index in [-0.39, 0.29) is 23.7 Å². The summed E-state index contributed by atoms with van der Waals surface area (Å²) in [5.41, 5.74) is 1.48. The SMILES string of the molecule is C[C@@H](C(=O)NCCc1ccco1)C1CCN(C(=O)c2cc3cc(Cl)ccc3[nH]2)CC1. The molecule has 2 N–H and O–H groups in total. The monoisotopic (exact) mass is 427 g/mol. The minimum absolute atomic E-state index is 0.00340. The quantitative estimate of drug-likeness (QED) is 0.616. The van der Waals surface area contributed by atoms with Crippen LogP contribution in [0.5, 0.6) is 0 Å².